The summed E-state index contributed by atoms with van der Waals surface area (Å²) in [6.07, 6.45) is 0.441. The van der Waals surface area contributed by atoms with Gasteiger partial charge in [0.05, 0.1) is 22.7 Å². The van der Waals surface area contributed by atoms with E-state index >= 15 is 0 Å². The number of H-pyrrole nitrogens is 1. The van der Waals surface area contributed by atoms with Gasteiger partial charge in [0.2, 0.25) is 0 Å². The summed E-state index contributed by atoms with van der Waals surface area (Å²) in [6, 6.07) is 9.47. The molecule has 112 valence electrons. The molecule has 7 heteroatoms. The number of benzene rings is 1. The third kappa shape index (κ3) is 2.48. The van der Waals surface area contributed by atoms with Crippen molar-refractivity contribution in [1.82, 2.24) is 9.78 Å². The fourth-order valence-electron chi connectivity index (χ4n) is 2.76. The van der Waals surface area contributed by atoms with E-state index in [0.29, 0.717) is 16.6 Å². The lowest BCUT2D eigenvalue weighted by Crippen LogP contribution is -2.39. The first kappa shape index (κ1) is 14.6. The van der Waals surface area contributed by atoms with Crippen molar-refractivity contribution in [2.75, 3.05) is 11.5 Å². The average molecular weight is 371 g/mol. The minimum atomic E-state index is -3.08. The largest absolute Gasteiger partial charge is 0.293 e. The summed E-state index contributed by atoms with van der Waals surface area (Å²) < 4.78 is 25.4. The summed E-state index contributed by atoms with van der Waals surface area (Å²) in [6.45, 7) is 1.80. The fourth-order valence-corrected chi connectivity index (χ4v) is 5.37. The van der Waals surface area contributed by atoms with Crippen LogP contribution in [0.4, 0.5) is 0 Å². The molecule has 1 atom stereocenters. The van der Waals surface area contributed by atoms with E-state index in [4.69, 9.17) is 0 Å². The van der Waals surface area contributed by atoms with E-state index < -0.39 is 15.4 Å². The maximum absolute atomic E-state index is 12.5. The lowest BCUT2D eigenvalue weighted by Gasteiger charge is -2.22. The van der Waals surface area contributed by atoms with Gasteiger partial charge >= 0.3 is 0 Å². The zero-order valence-electron chi connectivity index (χ0n) is 11.5. The van der Waals surface area contributed by atoms with Crippen LogP contribution in [-0.2, 0) is 15.4 Å². The van der Waals surface area contributed by atoms with Gasteiger partial charge in [-0.25, -0.2) is 13.1 Å². The van der Waals surface area contributed by atoms with E-state index in [2.05, 4.69) is 21.0 Å². The first-order valence-electron chi connectivity index (χ1n) is 6.59. The van der Waals surface area contributed by atoms with Crippen LogP contribution in [0.1, 0.15) is 13.3 Å². The molecule has 1 aromatic carbocycles. The molecule has 1 aromatic heterocycles. The molecule has 1 saturated heterocycles. The minimum absolute atomic E-state index is 0.0128. The van der Waals surface area contributed by atoms with Gasteiger partial charge in [0.15, 0.2) is 9.84 Å². The topological polar surface area (TPSA) is 71.9 Å². The fraction of sp³-hybridized carbons (Fsp3) is 0.357. The van der Waals surface area contributed by atoms with E-state index in [9.17, 15) is 13.2 Å². The Morgan fingerprint density at radius 2 is 1.95 bits per heavy atom. The third-order valence-electron chi connectivity index (χ3n) is 3.92. The number of sulfone groups is 1. The van der Waals surface area contributed by atoms with Gasteiger partial charge in [0.1, 0.15) is 4.47 Å². The van der Waals surface area contributed by atoms with Crippen LogP contribution in [0.2, 0.25) is 0 Å². The van der Waals surface area contributed by atoms with Gasteiger partial charge in [0.25, 0.3) is 5.56 Å². The van der Waals surface area contributed by atoms with Gasteiger partial charge in [-0.05, 0) is 29.3 Å². The Bertz CT molecular complexity index is 839. The number of aromatic nitrogens is 2. The van der Waals surface area contributed by atoms with Crippen molar-refractivity contribution in [3.8, 4) is 11.3 Å². The van der Waals surface area contributed by atoms with Gasteiger partial charge in [-0.2, -0.15) is 0 Å². The molecule has 1 unspecified atom stereocenters. The summed E-state index contributed by atoms with van der Waals surface area (Å²) in [7, 11) is -3.08. The van der Waals surface area contributed by atoms with E-state index in [-0.39, 0.29) is 17.1 Å². The minimum Gasteiger partial charge on any atom is -0.293 e. The van der Waals surface area contributed by atoms with Gasteiger partial charge in [-0.1, -0.05) is 30.3 Å². The monoisotopic (exact) mass is 370 g/mol. The molecule has 1 aliphatic heterocycles. The van der Waals surface area contributed by atoms with Crippen LogP contribution in [0.5, 0.6) is 0 Å². The highest BCUT2D eigenvalue weighted by atomic mass is 79.9. The second kappa shape index (κ2) is 4.84. The molecule has 1 N–H and O–H groups in total. The highest BCUT2D eigenvalue weighted by Gasteiger charge is 2.42. The second-order valence-electron chi connectivity index (χ2n) is 5.65. The van der Waals surface area contributed by atoms with Crippen molar-refractivity contribution in [2.45, 2.75) is 18.9 Å². The van der Waals surface area contributed by atoms with E-state index in [0.717, 1.165) is 5.56 Å². The maximum atomic E-state index is 12.5. The van der Waals surface area contributed by atoms with Crippen LogP contribution in [0.25, 0.3) is 11.3 Å². The lowest BCUT2D eigenvalue weighted by atomic mass is 10.0. The first-order valence-corrected chi connectivity index (χ1v) is 9.21. The molecule has 2 aromatic rings. The van der Waals surface area contributed by atoms with Crippen molar-refractivity contribution < 1.29 is 8.42 Å². The molecule has 0 bridgehead atoms. The predicted molar refractivity (Wildman–Crippen MR) is 85.1 cm³/mol. The number of hydrogen-bond acceptors (Lipinski definition) is 3. The molecule has 3 rings (SSSR count). The molecular formula is C14H15BrN2O3S. The summed E-state index contributed by atoms with van der Waals surface area (Å²) in [5.41, 5.74) is 0.607. The van der Waals surface area contributed by atoms with Crippen molar-refractivity contribution in [3.63, 3.8) is 0 Å². The third-order valence-corrected chi connectivity index (χ3v) is 6.54. The van der Waals surface area contributed by atoms with Crippen LogP contribution in [0, 0.1) is 0 Å². The Labute approximate surface area is 131 Å². The van der Waals surface area contributed by atoms with Gasteiger partial charge in [-0.15, -0.1) is 0 Å². The normalized spacial score (nSPS) is 24.3. The quantitative estimate of drug-likeness (QED) is 0.879. The lowest BCUT2D eigenvalue weighted by molar-refractivity contribution is 0.320. The van der Waals surface area contributed by atoms with Crippen LogP contribution >= 0.6 is 15.9 Å². The van der Waals surface area contributed by atoms with Gasteiger partial charge in [-0.3, -0.25) is 9.89 Å². The Kier molecular flexibility index (Phi) is 3.37. The Balaban J connectivity index is 2.13. The number of nitrogens with one attached hydrogen (secondary N) is 1. The standard InChI is InChI=1S/C14H15BrN2O3S/c1-14(7-8-21(19,20)9-14)17-13(18)11(15)12(16-17)10-5-3-2-4-6-10/h2-6,16H,7-9H2,1H3. The van der Waals surface area contributed by atoms with Crippen molar-refractivity contribution in [3.05, 3.63) is 45.2 Å². The van der Waals surface area contributed by atoms with Crippen LogP contribution in [0.15, 0.2) is 39.6 Å². The molecule has 0 saturated carbocycles. The molecule has 1 aliphatic rings. The number of halogens is 1. The smallest absolute Gasteiger partial charge is 0.281 e. The van der Waals surface area contributed by atoms with Crippen molar-refractivity contribution in [2.24, 2.45) is 0 Å². The Morgan fingerprint density at radius 3 is 2.52 bits per heavy atom. The molecule has 5 nitrogen and oxygen atoms in total. The SMILES string of the molecule is CC1(n2[nH]c(-c3ccccc3)c(Br)c2=O)CCS(=O)(=O)C1. The van der Waals surface area contributed by atoms with E-state index in [1.54, 1.807) is 6.92 Å². The summed E-state index contributed by atoms with van der Waals surface area (Å²) in [5, 5.41) is 3.08. The molecule has 1 fully saturated rings. The molecular weight excluding hydrogens is 356 g/mol. The van der Waals surface area contributed by atoms with Crippen molar-refractivity contribution in [1.29, 1.82) is 0 Å². The molecule has 0 spiro atoms. The maximum Gasteiger partial charge on any atom is 0.281 e. The molecule has 0 radical (unpaired) electrons. The number of nitrogens with zero attached hydrogens (tertiary/aromatic N) is 1. The molecule has 0 amide bonds. The zero-order valence-corrected chi connectivity index (χ0v) is 13.9. The van der Waals surface area contributed by atoms with Crippen molar-refractivity contribution >= 4 is 25.8 Å². The van der Waals surface area contributed by atoms with E-state index in [1.807, 2.05) is 30.3 Å². The second-order valence-corrected chi connectivity index (χ2v) is 8.62. The molecule has 2 heterocycles. The van der Waals surface area contributed by atoms with Gasteiger partial charge in [0, 0.05) is 5.56 Å². The number of hydrogen-bond donors (Lipinski definition) is 1. The molecule has 0 aliphatic carbocycles. The predicted octanol–water partition coefficient (Wildman–Crippen LogP) is 2.14. The van der Waals surface area contributed by atoms with E-state index in [1.165, 1.54) is 4.68 Å². The Hall–Kier alpha value is -1.34. The number of rotatable bonds is 2. The van der Waals surface area contributed by atoms with Gasteiger partial charge < -0.3 is 0 Å². The highest BCUT2D eigenvalue weighted by molar-refractivity contribution is 9.10. The summed E-state index contributed by atoms with van der Waals surface area (Å²) in [5.74, 6) is 0.105. The average Bonchev–Trinajstić information content (AvgIpc) is 2.90. The zero-order chi connectivity index (χ0) is 15.3. The number of aromatic amines is 1. The van der Waals surface area contributed by atoms with Crippen LogP contribution in [0.3, 0.4) is 0 Å². The Morgan fingerprint density at radius 1 is 1.29 bits per heavy atom. The summed E-state index contributed by atoms with van der Waals surface area (Å²) >= 11 is 3.32. The first-order chi connectivity index (χ1) is 9.82. The highest BCUT2D eigenvalue weighted by Crippen LogP contribution is 2.32. The van der Waals surface area contributed by atoms with Crippen LogP contribution < -0.4 is 5.56 Å². The van der Waals surface area contributed by atoms with Crippen LogP contribution in [-0.4, -0.2) is 29.7 Å². The molecule has 21 heavy (non-hydrogen) atoms. The summed E-state index contributed by atoms with van der Waals surface area (Å²) in [4.78, 5) is 12.5.